The second kappa shape index (κ2) is 6.61. The lowest BCUT2D eigenvalue weighted by Gasteiger charge is -2.09. The van der Waals surface area contributed by atoms with E-state index in [9.17, 15) is 0 Å². The van der Waals surface area contributed by atoms with Gasteiger partial charge in [0.1, 0.15) is 0 Å². The van der Waals surface area contributed by atoms with Gasteiger partial charge in [0.2, 0.25) is 0 Å². The van der Waals surface area contributed by atoms with Crippen LogP contribution in [-0.4, -0.2) is 12.8 Å². The van der Waals surface area contributed by atoms with Gasteiger partial charge < -0.3 is 16.0 Å². The summed E-state index contributed by atoms with van der Waals surface area (Å²) < 4.78 is 0. The first-order chi connectivity index (χ1) is 10.0. The number of hydrogen-bond donors (Lipinski definition) is 3. The molecule has 0 saturated heterocycles. The molecule has 3 nitrogen and oxygen atoms in total. The lowest BCUT2D eigenvalue weighted by atomic mass is 10.1. The average Bonchev–Trinajstić information content (AvgIpc) is 3.24. The van der Waals surface area contributed by atoms with Crippen molar-refractivity contribution >= 4 is 5.71 Å². The van der Waals surface area contributed by atoms with E-state index in [2.05, 4.69) is 48.4 Å². The minimum atomic E-state index is 0.438. The monoisotopic (exact) mass is 283 g/mol. The summed E-state index contributed by atoms with van der Waals surface area (Å²) in [6, 6.07) is 8.51. The fraction of sp³-hybridized carbons (Fsp3) is 0.389. The molecule has 3 heteroatoms. The molecular weight excluding hydrogens is 258 g/mol. The van der Waals surface area contributed by atoms with Crippen molar-refractivity contribution in [2.45, 2.75) is 26.8 Å². The molecule has 0 bridgehead atoms. The molecule has 112 valence electrons. The Labute approximate surface area is 127 Å². The molecule has 0 aliphatic heterocycles. The standard InChI is InChI=1S/C18H25N3/c1-12-5-7-15(8-6-12)10-21-11-18(13(2)19)17-9-16(17)14(3)20-4/h5-8,11,16-17,19-21H,3,9-10H2,1-2,4H3/b18-11+,19-13?. The Bertz CT molecular complexity index is 554. The maximum Gasteiger partial charge on any atom is 0.0395 e. The van der Waals surface area contributed by atoms with Crippen molar-refractivity contribution in [3.05, 3.63) is 59.4 Å². The van der Waals surface area contributed by atoms with Crippen LogP contribution in [0.15, 0.2) is 48.3 Å². The predicted molar refractivity (Wildman–Crippen MR) is 89.3 cm³/mol. The van der Waals surface area contributed by atoms with E-state index in [0.29, 0.717) is 17.5 Å². The Morgan fingerprint density at radius 2 is 2.00 bits per heavy atom. The number of allylic oxidation sites excluding steroid dienone is 2. The summed E-state index contributed by atoms with van der Waals surface area (Å²) in [6.07, 6.45) is 3.10. The Hall–Kier alpha value is -2.03. The van der Waals surface area contributed by atoms with E-state index >= 15 is 0 Å². The first-order valence-corrected chi connectivity index (χ1v) is 7.44. The van der Waals surface area contributed by atoms with Crippen LogP contribution in [0, 0.1) is 24.2 Å². The first kappa shape index (κ1) is 15.4. The largest absolute Gasteiger partial charge is 0.392 e. The second-order valence-corrected chi connectivity index (χ2v) is 5.82. The number of nitrogens with one attached hydrogen (secondary N) is 3. The van der Waals surface area contributed by atoms with Gasteiger partial charge in [-0.25, -0.2) is 0 Å². The molecule has 0 amide bonds. The molecule has 1 saturated carbocycles. The highest BCUT2D eigenvalue weighted by Gasteiger charge is 2.42. The fourth-order valence-electron chi connectivity index (χ4n) is 2.59. The summed E-state index contributed by atoms with van der Waals surface area (Å²) in [5.74, 6) is 0.913. The van der Waals surface area contributed by atoms with E-state index in [-0.39, 0.29) is 0 Å². The van der Waals surface area contributed by atoms with Crippen LogP contribution in [0.1, 0.15) is 24.5 Å². The van der Waals surface area contributed by atoms with Crippen molar-refractivity contribution in [3.8, 4) is 0 Å². The van der Waals surface area contributed by atoms with Crippen LogP contribution in [0.3, 0.4) is 0 Å². The van der Waals surface area contributed by atoms with Crippen LogP contribution in [0.5, 0.6) is 0 Å². The summed E-state index contributed by atoms with van der Waals surface area (Å²) in [6.45, 7) is 8.78. The minimum Gasteiger partial charge on any atom is -0.392 e. The maximum absolute atomic E-state index is 7.96. The lowest BCUT2D eigenvalue weighted by Crippen LogP contribution is -2.12. The van der Waals surface area contributed by atoms with Crippen molar-refractivity contribution in [1.82, 2.24) is 10.6 Å². The molecular formula is C18H25N3. The van der Waals surface area contributed by atoms with Crippen LogP contribution >= 0.6 is 0 Å². The number of hydrogen-bond acceptors (Lipinski definition) is 3. The Balaban J connectivity index is 1.95. The molecule has 0 radical (unpaired) electrons. The molecule has 2 unspecified atom stereocenters. The van der Waals surface area contributed by atoms with Gasteiger partial charge in [0, 0.05) is 37.1 Å². The van der Waals surface area contributed by atoms with Crippen molar-refractivity contribution in [3.63, 3.8) is 0 Å². The fourth-order valence-corrected chi connectivity index (χ4v) is 2.59. The Kier molecular flexibility index (Phi) is 4.84. The molecule has 1 aromatic carbocycles. The number of benzene rings is 1. The maximum atomic E-state index is 7.96. The zero-order valence-electron chi connectivity index (χ0n) is 13.2. The molecule has 1 fully saturated rings. The molecule has 21 heavy (non-hydrogen) atoms. The lowest BCUT2D eigenvalue weighted by molar-refractivity contribution is 0.794. The van der Waals surface area contributed by atoms with Crippen LogP contribution in [0.25, 0.3) is 0 Å². The van der Waals surface area contributed by atoms with Gasteiger partial charge in [0.25, 0.3) is 0 Å². The third kappa shape index (κ3) is 3.97. The van der Waals surface area contributed by atoms with Crippen LogP contribution in [0.2, 0.25) is 0 Å². The predicted octanol–water partition coefficient (Wildman–Crippen LogP) is 3.38. The van der Waals surface area contributed by atoms with Gasteiger partial charge in [0.15, 0.2) is 0 Å². The Morgan fingerprint density at radius 3 is 2.57 bits per heavy atom. The molecule has 0 aromatic heterocycles. The molecule has 0 spiro atoms. The van der Waals surface area contributed by atoms with E-state index in [0.717, 1.165) is 24.2 Å². The zero-order chi connectivity index (χ0) is 15.4. The van der Waals surface area contributed by atoms with Gasteiger partial charge in [-0.1, -0.05) is 36.4 Å². The smallest absolute Gasteiger partial charge is 0.0395 e. The van der Waals surface area contributed by atoms with E-state index < -0.39 is 0 Å². The summed E-state index contributed by atoms with van der Waals surface area (Å²) in [5.41, 5.74) is 5.35. The third-order valence-corrected chi connectivity index (χ3v) is 4.08. The SMILES string of the molecule is C=C(NC)C1CC1/C(=C/NCc1ccc(C)cc1)C(C)=N. The van der Waals surface area contributed by atoms with E-state index in [1.807, 2.05) is 20.2 Å². The molecule has 2 rings (SSSR count). The van der Waals surface area contributed by atoms with Crippen molar-refractivity contribution in [2.24, 2.45) is 11.8 Å². The highest BCUT2D eigenvalue weighted by atomic mass is 14.9. The summed E-state index contributed by atoms with van der Waals surface area (Å²) in [4.78, 5) is 0. The normalized spacial score (nSPS) is 20.8. The van der Waals surface area contributed by atoms with Gasteiger partial charge in [-0.05, 0) is 37.3 Å². The zero-order valence-corrected chi connectivity index (χ0v) is 13.2. The second-order valence-electron chi connectivity index (χ2n) is 5.82. The topological polar surface area (TPSA) is 47.9 Å². The van der Waals surface area contributed by atoms with Gasteiger partial charge >= 0.3 is 0 Å². The molecule has 3 N–H and O–H groups in total. The summed E-state index contributed by atoms with van der Waals surface area (Å²) in [5, 5.41) is 14.4. The summed E-state index contributed by atoms with van der Waals surface area (Å²) in [7, 11) is 1.91. The van der Waals surface area contributed by atoms with E-state index in [1.54, 1.807) is 0 Å². The molecule has 1 aromatic rings. The van der Waals surface area contributed by atoms with Gasteiger partial charge in [0.05, 0.1) is 0 Å². The molecule has 1 aliphatic rings. The van der Waals surface area contributed by atoms with E-state index in [1.165, 1.54) is 11.1 Å². The van der Waals surface area contributed by atoms with E-state index in [4.69, 9.17) is 5.41 Å². The van der Waals surface area contributed by atoms with Crippen LogP contribution < -0.4 is 10.6 Å². The molecule has 1 aliphatic carbocycles. The highest BCUT2D eigenvalue weighted by Crippen LogP contribution is 2.47. The summed E-state index contributed by atoms with van der Waals surface area (Å²) >= 11 is 0. The third-order valence-electron chi connectivity index (χ3n) is 4.08. The van der Waals surface area contributed by atoms with Gasteiger partial charge in [-0.3, -0.25) is 0 Å². The molecule has 0 heterocycles. The van der Waals surface area contributed by atoms with Gasteiger partial charge in [-0.2, -0.15) is 0 Å². The van der Waals surface area contributed by atoms with Crippen LogP contribution in [0.4, 0.5) is 0 Å². The average molecular weight is 283 g/mol. The minimum absolute atomic E-state index is 0.438. The van der Waals surface area contributed by atoms with Crippen molar-refractivity contribution in [1.29, 1.82) is 5.41 Å². The molecule has 2 atom stereocenters. The quantitative estimate of drug-likeness (QED) is 0.672. The van der Waals surface area contributed by atoms with Crippen LogP contribution in [-0.2, 0) is 6.54 Å². The van der Waals surface area contributed by atoms with Crippen molar-refractivity contribution < 1.29 is 0 Å². The van der Waals surface area contributed by atoms with Gasteiger partial charge in [-0.15, -0.1) is 0 Å². The highest BCUT2D eigenvalue weighted by molar-refractivity contribution is 5.96. The number of rotatable bonds is 7. The first-order valence-electron chi connectivity index (χ1n) is 7.44. The van der Waals surface area contributed by atoms with Crippen molar-refractivity contribution in [2.75, 3.05) is 7.05 Å². The Morgan fingerprint density at radius 1 is 1.33 bits per heavy atom. The number of aryl methyl sites for hydroxylation is 1.